The summed E-state index contributed by atoms with van der Waals surface area (Å²) >= 11 is 0. The lowest BCUT2D eigenvalue weighted by Gasteiger charge is -2.26. The number of ketones is 1. The second-order valence-corrected chi connectivity index (χ2v) is 8.26. The van der Waals surface area contributed by atoms with Crippen LogP contribution in [-0.4, -0.2) is 37.6 Å². The second kappa shape index (κ2) is 7.69. The highest BCUT2D eigenvalue weighted by atomic mass is 16.6. The molecule has 0 bridgehead atoms. The number of aromatic amines is 1. The molecule has 2 heterocycles. The number of nitrogens with zero attached hydrogens (tertiary/aromatic N) is 4. The lowest BCUT2D eigenvalue weighted by atomic mass is 9.88. The van der Waals surface area contributed by atoms with Crippen molar-refractivity contribution in [2.24, 2.45) is 0 Å². The maximum absolute atomic E-state index is 13.0. The summed E-state index contributed by atoms with van der Waals surface area (Å²) in [6.45, 7) is 9.17. The minimum atomic E-state index is -0.657. The Labute approximate surface area is 164 Å². The monoisotopic (exact) mass is 385 g/mol. The third-order valence-corrected chi connectivity index (χ3v) is 4.49. The Morgan fingerprint density at radius 3 is 2.39 bits per heavy atom. The highest BCUT2D eigenvalue weighted by molar-refractivity contribution is 5.94. The normalized spacial score (nSPS) is 15.5. The Balaban J connectivity index is 1.99. The van der Waals surface area contributed by atoms with Crippen molar-refractivity contribution in [1.29, 1.82) is 0 Å². The number of carbonyl (C=O) groups excluding carboxylic acids is 2. The Morgan fingerprint density at radius 2 is 1.82 bits per heavy atom. The van der Waals surface area contributed by atoms with Crippen LogP contribution < -0.4 is 4.90 Å². The quantitative estimate of drug-likeness (QED) is 0.853. The summed E-state index contributed by atoms with van der Waals surface area (Å²) in [6.07, 6.45) is 2.00. The van der Waals surface area contributed by atoms with Crippen LogP contribution in [0.15, 0.2) is 12.1 Å². The molecule has 150 valence electrons. The van der Waals surface area contributed by atoms with Gasteiger partial charge in [0.2, 0.25) is 0 Å². The zero-order chi connectivity index (χ0) is 20.5. The van der Waals surface area contributed by atoms with Crippen molar-refractivity contribution in [3.63, 3.8) is 0 Å². The molecule has 28 heavy (non-hydrogen) atoms. The molecular weight excluding hydrogens is 358 g/mol. The standard InChI is InChI=1S/C20H27N5O3/c1-12-10-16(22-18(21-12)14-6-8-15(26)9-7-14)25(17-11-13(2)23-24-17)19(27)28-20(3,4)5/h10-11,14H,6-9H2,1-5H3,(H,23,24). The molecule has 0 saturated heterocycles. The first kappa shape index (κ1) is 20.0. The average molecular weight is 385 g/mol. The molecule has 3 rings (SSSR count). The highest BCUT2D eigenvalue weighted by Crippen LogP contribution is 2.32. The van der Waals surface area contributed by atoms with E-state index in [1.165, 1.54) is 4.90 Å². The van der Waals surface area contributed by atoms with E-state index in [9.17, 15) is 9.59 Å². The molecule has 2 aromatic heterocycles. The van der Waals surface area contributed by atoms with E-state index >= 15 is 0 Å². The van der Waals surface area contributed by atoms with Crippen LogP contribution in [0.5, 0.6) is 0 Å². The molecule has 1 fully saturated rings. The van der Waals surface area contributed by atoms with Crippen LogP contribution >= 0.6 is 0 Å². The molecule has 2 aromatic rings. The van der Waals surface area contributed by atoms with E-state index in [-0.39, 0.29) is 11.7 Å². The van der Waals surface area contributed by atoms with Gasteiger partial charge in [-0.2, -0.15) is 5.10 Å². The average Bonchev–Trinajstić information content (AvgIpc) is 2.99. The van der Waals surface area contributed by atoms with E-state index in [0.717, 1.165) is 24.2 Å². The maximum atomic E-state index is 13.0. The minimum Gasteiger partial charge on any atom is -0.443 e. The van der Waals surface area contributed by atoms with Gasteiger partial charge in [-0.25, -0.2) is 19.7 Å². The Bertz CT molecular complexity index is 874. The van der Waals surface area contributed by atoms with Crippen molar-refractivity contribution in [1.82, 2.24) is 20.2 Å². The molecular formula is C20H27N5O3. The second-order valence-electron chi connectivity index (χ2n) is 8.26. The molecule has 1 aliphatic carbocycles. The number of Topliss-reactive ketones (excluding diaryl/α,β-unsaturated/α-hetero) is 1. The van der Waals surface area contributed by atoms with E-state index in [0.29, 0.717) is 30.3 Å². The molecule has 0 aliphatic heterocycles. The van der Waals surface area contributed by atoms with Crippen LogP contribution in [-0.2, 0) is 9.53 Å². The van der Waals surface area contributed by atoms with Gasteiger partial charge in [0.25, 0.3) is 0 Å². The van der Waals surface area contributed by atoms with Crippen molar-refractivity contribution in [3.05, 3.63) is 29.3 Å². The summed E-state index contributed by atoms with van der Waals surface area (Å²) in [7, 11) is 0. The lowest BCUT2D eigenvalue weighted by molar-refractivity contribution is -0.120. The number of rotatable bonds is 3. The van der Waals surface area contributed by atoms with E-state index in [1.54, 1.807) is 12.1 Å². The Kier molecular flexibility index (Phi) is 5.49. The number of carbonyl (C=O) groups is 2. The molecule has 1 amide bonds. The molecule has 0 spiro atoms. The van der Waals surface area contributed by atoms with Crippen LogP contribution in [0.3, 0.4) is 0 Å². The molecule has 0 aromatic carbocycles. The lowest BCUT2D eigenvalue weighted by Crippen LogP contribution is -2.35. The number of H-pyrrole nitrogens is 1. The van der Waals surface area contributed by atoms with Gasteiger partial charge in [0.05, 0.1) is 0 Å². The molecule has 1 aliphatic rings. The third-order valence-electron chi connectivity index (χ3n) is 4.49. The number of amides is 1. The van der Waals surface area contributed by atoms with E-state index in [1.807, 2.05) is 34.6 Å². The number of nitrogens with one attached hydrogen (secondary N) is 1. The molecule has 8 nitrogen and oxygen atoms in total. The van der Waals surface area contributed by atoms with Gasteiger partial charge in [0, 0.05) is 42.3 Å². The molecule has 0 atom stereocenters. The van der Waals surface area contributed by atoms with Crippen molar-refractivity contribution in [2.45, 2.75) is 71.8 Å². The summed E-state index contributed by atoms with van der Waals surface area (Å²) in [5.74, 6) is 1.88. The molecule has 1 N–H and O–H groups in total. The molecule has 0 unspecified atom stereocenters. The zero-order valence-electron chi connectivity index (χ0n) is 17.1. The predicted molar refractivity (Wildman–Crippen MR) is 105 cm³/mol. The summed E-state index contributed by atoms with van der Waals surface area (Å²) in [5.41, 5.74) is 0.910. The number of ether oxygens (including phenoxy) is 1. The minimum absolute atomic E-state index is 0.109. The first-order valence-corrected chi connectivity index (χ1v) is 9.55. The van der Waals surface area contributed by atoms with Gasteiger partial charge in [0.15, 0.2) is 5.82 Å². The smallest absolute Gasteiger partial charge is 0.422 e. The van der Waals surface area contributed by atoms with Crippen LogP contribution in [0, 0.1) is 13.8 Å². The van der Waals surface area contributed by atoms with Crippen molar-refractivity contribution in [2.75, 3.05) is 4.90 Å². The van der Waals surface area contributed by atoms with Gasteiger partial charge < -0.3 is 4.74 Å². The van der Waals surface area contributed by atoms with E-state index in [4.69, 9.17) is 4.74 Å². The van der Waals surface area contributed by atoms with Crippen LogP contribution in [0.1, 0.15) is 69.6 Å². The molecule has 1 saturated carbocycles. The first-order valence-electron chi connectivity index (χ1n) is 9.55. The van der Waals surface area contributed by atoms with Gasteiger partial charge in [0.1, 0.15) is 23.0 Å². The summed E-state index contributed by atoms with van der Waals surface area (Å²) in [5, 5.41) is 7.07. The zero-order valence-corrected chi connectivity index (χ0v) is 17.1. The Morgan fingerprint density at radius 1 is 1.14 bits per heavy atom. The van der Waals surface area contributed by atoms with Crippen molar-refractivity contribution in [3.8, 4) is 0 Å². The number of aryl methyl sites for hydroxylation is 2. The fraction of sp³-hybridized carbons (Fsp3) is 0.550. The highest BCUT2D eigenvalue weighted by Gasteiger charge is 2.30. The number of aromatic nitrogens is 4. The van der Waals surface area contributed by atoms with Crippen molar-refractivity contribution >= 4 is 23.5 Å². The largest absolute Gasteiger partial charge is 0.443 e. The predicted octanol–water partition coefficient (Wildman–Crippen LogP) is 4.12. The van der Waals surface area contributed by atoms with Crippen LogP contribution in [0.2, 0.25) is 0 Å². The van der Waals surface area contributed by atoms with Crippen LogP contribution in [0.4, 0.5) is 16.4 Å². The summed E-state index contributed by atoms with van der Waals surface area (Å²) in [6, 6.07) is 3.51. The summed E-state index contributed by atoms with van der Waals surface area (Å²) in [4.78, 5) is 35.1. The fourth-order valence-corrected chi connectivity index (χ4v) is 3.20. The van der Waals surface area contributed by atoms with Gasteiger partial charge in [-0.05, 0) is 47.5 Å². The topological polar surface area (TPSA) is 101 Å². The number of hydrogen-bond donors (Lipinski definition) is 1. The maximum Gasteiger partial charge on any atom is 0.422 e. The number of hydrogen-bond acceptors (Lipinski definition) is 6. The van der Waals surface area contributed by atoms with E-state index in [2.05, 4.69) is 20.2 Å². The molecule has 0 radical (unpaired) electrons. The van der Waals surface area contributed by atoms with Crippen LogP contribution in [0.25, 0.3) is 0 Å². The third kappa shape index (κ3) is 4.74. The van der Waals surface area contributed by atoms with Crippen molar-refractivity contribution < 1.29 is 14.3 Å². The van der Waals surface area contributed by atoms with E-state index < -0.39 is 11.7 Å². The molecule has 8 heteroatoms. The van der Waals surface area contributed by atoms with Gasteiger partial charge in [-0.3, -0.25) is 9.89 Å². The SMILES string of the molecule is Cc1cc(N(C(=O)OC(C)(C)C)c2cc(C)[nH]n2)nc(C2CCC(=O)CC2)n1. The van der Waals surface area contributed by atoms with Gasteiger partial charge >= 0.3 is 6.09 Å². The summed E-state index contributed by atoms with van der Waals surface area (Å²) < 4.78 is 5.59. The Hall–Kier alpha value is -2.77. The van der Waals surface area contributed by atoms with Gasteiger partial charge in [-0.15, -0.1) is 0 Å². The fourth-order valence-electron chi connectivity index (χ4n) is 3.20. The van der Waals surface area contributed by atoms with Gasteiger partial charge in [-0.1, -0.05) is 0 Å². The number of anilines is 2. The first-order chi connectivity index (χ1) is 13.1.